The summed E-state index contributed by atoms with van der Waals surface area (Å²) in [6.07, 6.45) is 1.19. The normalized spacial score (nSPS) is 15.4. The maximum Gasteiger partial charge on any atom is 0.315 e. The molecule has 0 saturated heterocycles. The number of hydrogen-bond acceptors (Lipinski definition) is 4. The van der Waals surface area contributed by atoms with Gasteiger partial charge < -0.3 is 25.8 Å². The largest absolute Gasteiger partial charge is 0.481 e. The zero-order valence-corrected chi connectivity index (χ0v) is 10.8. The number of aliphatic carboxylic acids is 1. The maximum atomic E-state index is 11.3. The van der Waals surface area contributed by atoms with Crippen molar-refractivity contribution >= 4 is 17.9 Å². The molecule has 0 aromatic rings. The van der Waals surface area contributed by atoms with Crippen LogP contribution in [0.25, 0.3) is 0 Å². The average molecular weight is 273 g/mol. The van der Waals surface area contributed by atoms with Crippen molar-refractivity contribution in [2.24, 2.45) is 0 Å². The molecule has 1 fully saturated rings. The standard InChI is InChI=1S/C11H19N3O5/c1-19-8(4-10(16)17)5-12-11(18)13-6-9(15)14-7-2-3-7/h7-8H,2-6H2,1H3,(H,14,15)(H,16,17)(H2,12,13,18). The lowest BCUT2D eigenvalue weighted by Crippen LogP contribution is -2.45. The van der Waals surface area contributed by atoms with Crippen molar-refractivity contribution in [1.29, 1.82) is 0 Å². The minimum atomic E-state index is -1.00. The van der Waals surface area contributed by atoms with Gasteiger partial charge in [0.1, 0.15) is 0 Å². The SMILES string of the molecule is COC(CNC(=O)NCC(=O)NC1CC1)CC(=O)O. The summed E-state index contributed by atoms with van der Waals surface area (Å²) in [6.45, 7) is -0.0300. The van der Waals surface area contributed by atoms with Gasteiger partial charge in [0.2, 0.25) is 5.91 Å². The van der Waals surface area contributed by atoms with Crippen LogP contribution in [0.4, 0.5) is 4.79 Å². The highest BCUT2D eigenvalue weighted by Crippen LogP contribution is 2.18. The van der Waals surface area contributed by atoms with E-state index in [2.05, 4.69) is 16.0 Å². The van der Waals surface area contributed by atoms with Crippen LogP contribution in [-0.2, 0) is 14.3 Å². The molecule has 0 bridgehead atoms. The van der Waals surface area contributed by atoms with E-state index in [1.54, 1.807) is 0 Å². The van der Waals surface area contributed by atoms with Crippen LogP contribution in [0.5, 0.6) is 0 Å². The van der Waals surface area contributed by atoms with Gasteiger partial charge in [-0.05, 0) is 12.8 Å². The first-order valence-electron chi connectivity index (χ1n) is 6.07. The monoisotopic (exact) mass is 273 g/mol. The van der Waals surface area contributed by atoms with Crippen LogP contribution in [-0.4, -0.2) is 55.4 Å². The highest BCUT2D eigenvalue weighted by molar-refractivity contribution is 5.84. The fourth-order valence-electron chi connectivity index (χ4n) is 1.37. The van der Waals surface area contributed by atoms with E-state index in [0.29, 0.717) is 0 Å². The van der Waals surface area contributed by atoms with Gasteiger partial charge in [-0.25, -0.2) is 4.79 Å². The number of rotatable bonds is 8. The average Bonchev–Trinajstić information content (AvgIpc) is 3.15. The molecule has 1 atom stereocenters. The van der Waals surface area contributed by atoms with Gasteiger partial charge in [0.05, 0.1) is 19.1 Å². The van der Waals surface area contributed by atoms with Crippen LogP contribution in [0.1, 0.15) is 19.3 Å². The van der Waals surface area contributed by atoms with E-state index in [4.69, 9.17) is 9.84 Å². The van der Waals surface area contributed by atoms with E-state index in [0.717, 1.165) is 12.8 Å². The quantitative estimate of drug-likeness (QED) is 0.455. The summed E-state index contributed by atoms with van der Waals surface area (Å²) in [4.78, 5) is 33.1. The molecule has 0 aromatic heterocycles. The fraction of sp³-hybridized carbons (Fsp3) is 0.727. The molecule has 1 unspecified atom stereocenters. The van der Waals surface area contributed by atoms with E-state index in [9.17, 15) is 14.4 Å². The molecular formula is C11H19N3O5. The molecule has 3 amide bonds. The van der Waals surface area contributed by atoms with Gasteiger partial charge in [-0.15, -0.1) is 0 Å². The number of hydrogen-bond donors (Lipinski definition) is 4. The van der Waals surface area contributed by atoms with Crippen molar-refractivity contribution in [3.8, 4) is 0 Å². The number of nitrogens with one attached hydrogen (secondary N) is 3. The van der Waals surface area contributed by atoms with Crippen LogP contribution in [0.15, 0.2) is 0 Å². The Balaban J connectivity index is 2.11. The third kappa shape index (κ3) is 7.24. The van der Waals surface area contributed by atoms with E-state index in [-0.39, 0.29) is 31.5 Å². The Bertz CT molecular complexity index is 343. The lowest BCUT2D eigenvalue weighted by atomic mass is 10.2. The van der Waals surface area contributed by atoms with Gasteiger partial charge in [0, 0.05) is 19.7 Å². The maximum absolute atomic E-state index is 11.3. The van der Waals surface area contributed by atoms with E-state index in [1.807, 2.05) is 0 Å². The minimum Gasteiger partial charge on any atom is -0.481 e. The van der Waals surface area contributed by atoms with Crippen molar-refractivity contribution in [2.45, 2.75) is 31.4 Å². The van der Waals surface area contributed by atoms with E-state index < -0.39 is 18.1 Å². The molecule has 1 rings (SSSR count). The van der Waals surface area contributed by atoms with Gasteiger partial charge in [-0.3, -0.25) is 9.59 Å². The first-order chi connectivity index (χ1) is 9.01. The number of amides is 3. The Kier molecular flexibility index (Phi) is 6.07. The Morgan fingerprint density at radius 1 is 1.32 bits per heavy atom. The number of carbonyl (C=O) groups excluding carboxylic acids is 2. The van der Waals surface area contributed by atoms with Crippen molar-refractivity contribution in [2.75, 3.05) is 20.2 Å². The van der Waals surface area contributed by atoms with Gasteiger partial charge in [-0.1, -0.05) is 0 Å². The third-order valence-electron chi connectivity index (χ3n) is 2.58. The lowest BCUT2D eigenvalue weighted by molar-refractivity contribution is -0.139. The number of carboxylic acids is 1. The van der Waals surface area contributed by atoms with Crippen LogP contribution in [0.3, 0.4) is 0 Å². The Morgan fingerprint density at radius 3 is 2.53 bits per heavy atom. The topological polar surface area (TPSA) is 117 Å². The zero-order valence-electron chi connectivity index (χ0n) is 10.8. The highest BCUT2D eigenvalue weighted by atomic mass is 16.5. The number of ether oxygens (including phenoxy) is 1. The molecule has 0 spiro atoms. The zero-order chi connectivity index (χ0) is 14.3. The second-order valence-electron chi connectivity index (χ2n) is 4.36. The summed E-state index contributed by atoms with van der Waals surface area (Å²) >= 11 is 0. The summed E-state index contributed by atoms with van der Waals surface area (Å²) in [7, 11) is 1.37. The van der Waals surface area contributed by atoms with Crippen LogP contribution < -0.4 is 16.0 Å². The molecule has 1 saturated carbocycles. The molecule has 108 valence electrons. The number of carbonyl (C=O) groups is 3. The van der Waals surface area contributed by atoms with Gasteiger partial charge in [0.25, 0.3) is 0 Å². The molecule has 0 aliphatic heterocycles. The fourth-order valence-corrected chi connectivity index (χ4v) is 1.37. The molecule has 1 aliphatic rings. The lowest BCUT2D eigenvalue weighted by Gasteiger charge is -2.14. The van der Waals surface area contributed by atoms with Crippen molar-refractivity contribution in [3.05, 3.63) is 0 Å². The Hall–Kier alpha value is -1.83. The molecule has 0 heterocycles. The number of methoxy groups -OCH3 is 1. The van der Waals surface area contributed by atoms with Crippen molar-refractivity contribution in [1.82, 2.24) is 16.0 Å². The summed E-state index contributed by atoms with van der Waals surface area (Å²) in [5, 5.41) is 16.1. The predicted octanol–water partition coefficient (Wildman–Crippen LogP) is -0.946. The number of urea groups is 1. The molecule has 4 N–H and O–H groups in total. The molecule has 8 heteroatoms. The first kappa shape index (κ1) is 15.2. The second kappa shape index (κ2) is 7.57. The summed E-state index contributed by atoms with van der Waals surface area (Å²) in [5.74, 6) is -1.23. The van der Waals surface area contributed by atoms with Crippen molar-refractivity contribution in [3.63, 3.8) is 0 Å². The number of carboxylic acid groups (broad SMARTS) is 1. The van der Waals surface area contributed by atoms with E-state index in [1.165, 1.54) is 7.11 Å². The van der Waals surface area contributed by atoms with Crippen LogP contribution in [0, 0.1) is 0 Å². The van der Waals surface area contributed by atoms with Gasteiger partial charge >= 0.3 is 12.0 Å². The predicted molar refractivity (Wildman–Crippen MR) is 65.6 cm³/mol. The summed E-state index contributed by atoms with van der Waals surface area (Å²) in [5.41, 5.74) is 0. The van der Waals surface area contributed by atoms with E-state index >= 15 is 0 Å². The summed E-state index contributed by atoms with van der Waals surface area (Å²) in [6, 6.07) is -0.274. The van der Waals surface area contributed by atoms with Gasteiger partial charge in [-0.2, -0.15) is 0 Å². The molecule has 0 radical (unpaired) electrons. The van der Waals surface area contributed by atoms with Crippen molar-refractivity contribution < 1.29 is 24.2 Å². The summed E-state index contributed by atoms with van der Waals surface area (Å²) < 4.78 is 4.90. The Labute approximate surface area is 110 Å². The smallest absolute Gasteiger partial charge is 0.315 e. The first-order valence-corrected chi connectivity index (χ1v) is 6.07. The highest BCUT2D eigenvalue weighted by Gasteiger charge is 2.23. The molecule has 0 aromatic carbocycles. The molecule has 8 nitrogen and oxygen atoms in total. The molecular weight excluding hydrogens is 254 g/mol. The molecule has 1 aliphatic carbocycles. The van der Waals surface area contributed by atoms with Crippen LogP contribution >= 0.6 is 0 Å². The minimum absolute atomic E-state index is 0.0683. The molecule has 19 heavy (non-hydrogen) atoms. The van der Waals surface area contributed by atoms with Gasteiger partial charge in [0.15, 0.2) is 0 Å². The third-order valence-corrected chi connectivity index (χ3v) is 2.58. The second-order valence-corrected chi connectivity index (χ2v) is 4.36. The van der Waals surface area contributed by atoms with Crippen LogP contribution in [0.2, 0.25) is 0 Å². The Morgan fingerprint density at radius 2 is 2.00 bits per heavy atom.